The van der Waals surface area contributed by atoms with E-state index in [0.29, 0.717) is 18.0 Å². The molecule has 1 saturated heterocycles. The van der Waals surface area contributed by atoms with E-state index in [4.69, 9.17) is 11.6 Å². The molecule has 0 spiro atoms. The molecular weight excluding hydrogens is 390 g/mol. The van der Waals surface area contributed by atoms with Crippen LogP contribution in [-0.2, 0) is 21.2 Å². The molecule has 0 N–H and O–H groups in total. The first-order valence-corrected chi connectivity index (χ1v) is 11.4. The fourth-order valence-electron chi connectivity index (χ4n) is 2.97. The van der Waals surface area contributed by atoms with Crippen LogP contribution < -0.4 is 0 Å². The van der Waals surface area contributed by atoms with E-state index >= 15 is 0 Å². The van der Waals surface area contributed by atoms with E-state index in [-0.39, 0.29) is 23.5 Å². The molecule has 138 valence electrons. The van der Waals surface area contributed by atoms with Gasteiger partial charge < -0.3 is 4.90 Å². The van der Waals surface area contributed by atoms with Gasteiger partial charge in [0.05, 0.1) is 18.1 Å². The highest BCUT2D eigenvalue weighted by Gasteiger charge is 2.34. The first kappa shape index (κ1) is 19.1. The number of thiophene rings is 1. The molecule has 1 aliphatic heterocycles. The molecule has 1 fully saturated rings. The third-order valence-corrected chi connectivity index (χ3v) is 7.51. The number of carbonyl (C=O) groups excluding carboxylic acids is 1. The molecule has 2 heterocycles. The highest BCUT2D eigenvalue weighted by atomic mass is 35.5. The zero-order chi connectivity index (χ0) is 18.7. The summed E-state index contributed by atoms with van der Waals surface area (Å²) in [6.45, 7) is 2.44. The van der Waals surface area contributed by atoms with Crippen LogP contribution in [0.4, 0.5) is 0 Å². The van der Waals surface area contributed by atoms with Crippen LogP contribution in [0.15, 0.2) is 41.8 Å². The van der Waals surface area contributed by atoms with Crippen molar-refractivity contribution in [2.45, 2.75) is 25.9 Å². The van der Waals surface area contributed by atoms with Crippen molar-refractivity contribution >= 4 is 44.8 Å². The van der Waals surface area contributed by atoms with Gasteiger partial charge >= 0.3 is 0 Å². The van der Waals surface area contributed by atoms with E-state index in [2.05, 4.69) is 0 Å². The fourth-order valence-corrected chi connectivity index (χ4v) is 5.73. The number of halogens is 1. The van der Waals surface area contributed by atoms with Crippen LogP contribution in [0.2, 0.25) is 5.02 Å². The van der Waals surface area contributed by atoms with Crippen molar-refractivity contribution in [3.05, 3.63) is 62.8 Å². The molecule has 0 saturated carbocycles. The maximum atomic E-state index is 12.8. The number of nitrogens with zero attached hydrogens (tertiary/aromatic N) is 1. The predicted octanol–water partition coefficient (Wildman–Crippen LogP) is 3.94. The Morgan fingerprint density at radius 2 is 2.04 bits per heavy atom. The smallest absolute Gasteiger partial charge is 0.247 e. The summed E-state index contributed by atoms with van der Waals surface area (Å²) in [5.74, 6) is 0.0128. The Morgan fingerprint density at radius 3 is 2.62 bits per heavy atom. The molecule has 1 atom stereocenters. The van der Waals surface area contributed by atoms with E-state index < -0.39 is 9.84 Å². The minimum absolute atomic E-state index is 0.0396. The Bertz CT molecular complexity index is 917. The van der Waals surface area contributed by atoms with Crippen molar-refractivity contribution in [1.29, 1.82) is 0 Å². The molecule has 1 aliphatic rings. The molecule has 3 rings (SSSR count). The lowest BCUT2D eigenvalue weighted by Gasteiger charge is -2.27. The van der Waals surface area contributed by atoms with Crippen LogP contribution >= 0.6 is 22.9 Å². The fraction of sp³-hybridized carbons (Fsp3) is 0.316. The van der Waals surface area contributed by atoms with Crippen LogP contribution in [0.25, 0.3) is 6.08 Å². The van der Waals surface area contributed by atoms with Crippen LogP contribution in [0, 0.1) is 6.92 Å². The average Bonchev–Trinajstić information content (AvgIpc) is 3.16. The van der Waals surface area contributed by atoms with E-state index in [1.807, 2.05) is 30.5 Å². The summed E-state index contributed by atoms with van der Waals surface area (Å²) in [6, 6.07) is 8.94. The normalized spacial score (nSPS) is 19.1. The summed E-state index contributed by atoms with van der Waals surface area (Å²) in [5, 5.41) is 2.63. The second-order valence-corrected chi connectivity index (χ2v) is 10.1. The summed E-state index contributed by atoms with van der Waals surface area (Å²) in [7, 11) is -3.06. The van der Waals surface area contributed by atoms with Crippen molar-refractivity contribution in [2.75, 3.05) is 11.5 Å². The summed E-state index contributed by atoms with van der Waals surface area (Å²) >= 11 is 7.46. The number of sulfone groups is 1. The Kier molecular flexibility index (Phi) is 5.85. The van der Waals surface area contributed by atoms with Crippen molar-refractivity contribution in [3.8, 4) is 0 Å². The van der Waals surface area contributed by atoms with Gasteiger partial charge in [0.25, 0.3) is 0 Å². The average molecular weight is 410 g/mol. The number of aryl methyl sites for hydroxylation is 1. The van der Waals surface area contributed by atoms with E-state index in [1.54, 1.807) is 34.4 Å². The van der Waals surface area contributed by atoms with Gasteiger partial charge in [0, 0.05) is 22.0 Å². The van der Waals surface area contributed by atoms with Gasteiger partial charge in [-0.2, -0.15) is 0 Å². The van der Waals surface area contributed by atoms with Crippen LogP contribution in [0.5, 0.6) is 0 Å². The summed E-state index contributed by atoms with van der Waals surface area (Å²) in [4.78, 5) is 15.6. The molecule has 2 aromatic rings. The molecule has 0 radical (unpaired) electrons. The van der Waals surface area contributed by atoms with Gasteiger partial charge in [-0.15, -0.1) is 11.3 Å². The van der Waals surface area contributed by atoms with Gasteiger partial charge in [0.15, 0.2) is 9.84 Å². The first-order valence-electron chi connectivity index (χ1n) is 8.32. The molecular formula is C19H20ClNO3S2. The summed E-state index contributed by atoms with van der Waals surface area (Å²) in [6.07, 6.45) is 3.74. The summed E-state index contributed by atoms with van der Waals surface area (Å²) in [5.41, 5.74) is 1.99. The number of carbonyl (C=O) groups is 1. The zero-order valence-electron chi connectivity index (χ0n) is 14.4. The lowest BCUT2D eigenvalue weighted by molar-refractivity contribution is -0.128. The third-order valence-electron chi connectivity index (χ3n) is 4.50. The number of rotatable bonds is 5. The maximum absolute atomic E-state index is 12.8. The van der Waals surface area contributed by atoms with Gasteiger partial charge in [-0.05, 0) is 54.1 Å². The quantitative estimate of drug-likeness (QED) is 0.703. The standard InChI is InChI=1S/C19H20ClNO3S2/c1-14-8-10-25-18(14)12-21(17-9-11-26(23,24)13-17)19(22)7-4-15-2-5-16(20)6-3-15/h2-8,10,17H,9,11-13H2,1H3/b7-4+/t17-/m0/s1. The van der Waals surface area contributed by atoms with Crippen LogP contribution in [-0.4, -0.2) is 36.8 Å². The number of hydrogen-bond donors (Lipinski definition) is 0. The number of hydrogen-bond acceptors (Lipinski definition) is 4. The highest BCUT2D eigenvalue weighted by Crippen LogP contribution is 2.24. The molecule has 0 unspecified atom stereocenters. The van der Waals surface area contributed by atoms with Gasteiger partial charge in [-0.25, -0.2) is 8.42 Å². The Morgan fingerprint density at radius 1 is 1.31 bits per heavy atom. The van der Waals surface area contributed by atoms with Crippen molar-refractivity contribution < 1.29 is 13.2 Å². The van der Waals surface area contributed by atoms with Crippen molar-refractivity contribution in [2.24, 2.45) is 0 Å². The first-order chi connectivity index (χ1) is 12.3. The lowest BCUT2D eigenvalue weighted by Crippen LogP contribution is -2.39. The zero-order valence-corrected chi connectivity index (χ0v) is 16.8. The van der Waals surface area contributed by atoms with Crippen LogP contribution in [0.3, 0.4) is 0 Å². The molecule has 0 bridgehead atoms. The van der Waals surface area contributed by atoms with Gasteiger partial charge in [0.2, 0.25) is 5.91 Å². The topological polar surface area (TPSA) is 54.5 Å². The van der Waals surface area contributed by atoms with Crippen molar-refractivity contribution in [1.82, 2.24) is 4.90 Å². The molecule has 1 amide bonds. The third kappa shape index (κ3) is 4.75. The minimum Gasteiger partial charge on any atom is -0.330 e. The second kappa shape index (κ2) is 7.94. The predicted molar refractivity (Wildman–Crippen MR) is 107 cm³/mol. The summed E-state index contributed by atoms with van der Waals surface area (Å²) < 4.78 is 23.8. The van der Waals surface area contributed by atoms with E-state index in [0.717, 1.165) is 16.0 Å². The maximum Gasteiger partial charge on any atom is 0.247 e. The van der Waals surface area contributed by atoms with Gasteiger partial charge in [-0.3, -0.25) is 4.79 Å². The number of amides is 1. The molecule has 7 heteroatoms. The monoisotopic (exact) mass is 409 g/mol. The molecule has 26 heavy (non-hydrogen) atoms. The Hall–Kier alpha value is -1.63. The second-order valence-electron chi connectivity index (χ2n) is 6.43. The molecule has 4 nitrogen and oxygen atoms in total. The van der Waals surface area contributed by atoms with Gasteiger partial charge in [-0.1, -0.05) is 23.7 Å². The largest absolute Gasteiger partial charge is 0.330 e. The Labute approximate surface area is 163 Å². The van der Waals surface area contributed by atoms with Gasteiger partial charge in [0.1, 0.15) is 0 Å². The van der Waals surface area contributed by atoms with E-state index in [1.165, 1.54) is 6.08 Å². The van der Waals surface area contributed by atoms with E-state index in [9.17, 15) is 13.2 Å². The minimum atomic E-state index is -3.06. The van der Waals surface area contributed by atoms with Crippen molar-refractivity contribution in [3.63, 3.8) is 0 Å². The molecule has 1 aromatic heterocycles. The molecule has 1 aromatic carbocycles. The SMILES string of the molecule is Cc1ccsc1CN(C(=O)/C=C/c1ccc(Cl)cc1)[C@H]1CCS(=O)(=O)C1. The lowest BCUT2D eigenvalue weighted by atomic mass is 10.1. The number of benzene rings is 1. The van der Waals surface area contributed by atoms with Crippen LogP contribution in [0.1, 0.15) is 22.4 Å². The Balaban J connectivity index is 1.81. The highest BCUT2D eigenvalue weighted by molar-refractivity contribution is 7.91. The molecule has 0 aliphatic carbocycles.